The average Bonchev–Trinajstić information content (AvgIpc) is 3.63. The molecule has 9 nitrogen and oxygen atoms in total. The number of fused-ring (bicyclic) bond motifs is 1. The Balaban J connectivity index is 1.29. The number of amides is 2. The third kappa shape index (κ3) is 6.80. The number of halogens is 3. The van der Waals surface area contributed by atoms with Gasteiger partial charge in [-0.25, -0.2) is 4.98 Å². The first-order valence-electron chi connectivity index (χ1n) is 14.0. The zero-order valence-corrected chi connectivity index (χ0v) is 27.7. The summed E-state index contributed by atoms with van der Waals surface area (Å²) in [7, 11) is 2.06. The number of likely N-dealkylation sites (N-methyl/N-ethyl adjacent to an activating group) is 1. The van der Waals surface area contributed by atoms with Gasteiger partial charge >= 0.3 is 0 Å². The van der Waals surface area contributed by atoms with E-state index in [9.17, 15) is 18.8 Å². The van der Waals surface area contributed by atoms with E-state index in [0.29, 0.717) is 29.2 Å². The number of hydrogen-bond donors (Lipinski definition) is 1. The fraction of sp³-hybridized carbons (Fsp3) is 0.517. The van der Waals surface area contributed by atoms with Crippen LogP contribution in [-0.4, -0.2) is 96.9 Å². The number of piperazine rings is 1. The van der Waals surface area contributed by atoms with Gasteiger partial charge in [-0.3, -0.25) is 14.4 Å². The molecule has 42 heavy (non-hydrogen) atoms. The predicted molar refractivity (Wildman–Crippen MR) is 168 cm³/mol. The highest BCUT2D eigenvalue weighted by atomic mass is 79.9. The van der Waals surface area contributed by atoms with Crippen molar-refractivity contribution in [3.05, 3.63) is 44.4 Å². The van der Waals surface area contributed by atoms with Gasteiger partial charge in [-0.05, 0) is 63.4 Å². The van der Waals surface area contributed by atoms with Crippen molar-refractivity contribution in [1.29, 1.82) is 0 Å². The molecule has 226 valence electrons. The van der Waals surface area contributed by atoms with E-state index in [1.807, 2.05) is 19.9 Å². The first-order chi connectivity index (χ1) is 20.0. The molecule has 5 rings (SSSR count). The largest absolute Gasteiger partial charge is 0.367 e. The van der Waals surface area contributed by atoms with Crippen LogP contribution in [0, 0.1) is 17.0 Å². The molecule has 0 bridgehead atoms. The van der Waals surface area contributed by atoms with E-state index in [1.165, 1.54) is 0 Å². The number of ether oxygens (including phenoxy) is 1. The Morgan fingerprint density at radius 1 is 1.19 bits per heavy atom. The number of ketones is 1. The Bertz CT molecular complexity index is 1360. The Kier molecular flexibility index (Phi) is 9.83. The number of Topliss-reactive ketones (excluding diaryl/α,β-unsaturated/α-hetero) is 1. The molecule has 13 heteroatoms. The van der Waals surface area contributed by atoms with Crippen molar-refractivity contribution < 1.29 is 23.5 Å². The van der Waals surface area contributed by atoms with Crippen LogP contribution >= 0.6 is 43.2 Å². The highest BCUT2D eigenvalue weighted by Gasteiger charge is 2.52. The number of aromatic nitrogens is 1. The van der Waals surface area contributed by atoms with Crippen LogP contribution in [0.1, 0.15) is 30.6 Å². The van der Waals surface area contributed by atoms with E-state index in [1.54, 1.807) is 29.2 Å². The lowest BCUT2D eigenvalue weighted by atomic mass is 10.0. The zero-order valence-electron chi connectivity index (χ0n) is 23.7. The molecule has 3 aliphatic rings. The van der Waals surface area contributed by atoms with Crippen LogP contribution in [0.2, 0.25) is 0 Å². The molecule has 4 atom stereocenters. The second kappa shape index (κ2) is 13.2. The molecular formula is C29H34Br2FN5O4S. The third-order valence-electron chi connectivity index (χ3n) is 7.93. The quantitative estimate of drug-likeness (QED) is 0.435. The maximum Gasteiger partial charge on any atom is 0.251 e. The van der Waals surface area contributed by atoms with Crippen molar-refractivity contribution in [1.82, 2.24) is 20.1 Å². The van der Waals surface area contributed by atoms with Gasteiger partial charge in [0.2, 0.25) is 11.0 Å². The number of rotatable bonds is 8. The van der Waals surface area contributed by atoms with E-state index in [0.717, 1.165) is 40.9 Å². The summed E-state index contributed by atoms with van der Waals surface area (Å²) in [5.41, 5.74) is 1.19. The van der Waals surface area contributed by atoms with Crippen LogP contribution in [0.4, 0.5) is 9.52 Å². The van der Waals surface area contributed by atoms with Crippen molar-refractivity contribution >= 4 is 65.9 Å². The third-order valence-corrected chi connectivity index (χ3v) is 9.36. The molecular weight excluding hydrogens is 693 g/mol. The van der Waals surface area contributed by atoms with E-state index in [2.05, 4.69) is 59.0 Å². The summed E-state index contributed by atoms with van der Waals surface area (Å²) < 4.78 is 21.4. The van der Waals surface area contributed by atoms with Crippen molar-refractivity contribution in [3.63, 3.8) is 0 Å². The number of carbonyl (C=O) groups excluding carboxylic acids is 3. The van der Waals surface area contributed by atoms with Gasteiger partial charge in [0, 0.05) is 49.8 Å². The van der Waals surface area contributed by atoms with E-state index < -0.39 is 24.1 Å². The van der Waals surface area contributed by atoms with Gasteiger partial charge < -0.3 is 24.8 Å². The molecule has 0 saturated carbocycles. The van der Waals surface area contributed by atoms with Gasteiger partial charge in [-0.2, -0.15) is 4.39 Å². The van der Waals surface area contributed by atoms with E-state index in [-0.39, 0.29) is 41.0 Å². The summed E-state index contributed by atoms with van der Waals surface area (Å²) in [5, 5.41) is 3.19. The van der Waals surface area contributed by atoms with Crippen LogP contribution in [0.25, 0.3) is 11.3 Å². The van der Waals surface area contributed by atoms with Crippen LogP contribution in [0.15, 0.2) is 33.7 Å². The van der Waals surface area contributed by atoms with Gasteiger partial charge in [0.1, 0.15) is 24.4 Å². The smallest absolute Gasteiger partial charge is 0.251 e. The van der Waals surface area contributed by atoms with Crippen LogP contribution in [0.5, 0.6) is 0 Å². The SMILES string of the molecule is CC(C)C[C@H](NC(=O)c1ccc(-c2nc(N3CCN(C)CC3)sc2F)cc1)C(=O)N1C[C@@H](C=C(Br)Br)[C@H]2OCC(=O)[C@H]21. The van der Waals surface area contributed by atoms with Gasteiger partial charge in [0.15, 0.2) is 10.9 Å². The van der Waals surface area contributed by atoms with Gasteiger partial charge in [0.05, 0.1) is 9.50 Å². The molecule has 0 radical (unpaired) electrons. The number of benzene rings is 1. The van der Waals surface area contributed by atoms with Crippen molar-refractivity contribution in [2.75, 3.05) is 51.3 Å². The Morgan fingerprint density at radius 2 is 1.88 bits per heavy atom. The highest BCUT2D eigenvalue weighted by molar-refractivity contribution is 9.28. The molecule has 3 aliphatic heterocycles. The molecule has 2 aromatic rings. The maximum atomic E-state index is 14.9. The van der Waals surface area contributed by atoms with E-state index >= 15 is 0 Å². The first-order valence-corrected chi connectivity index (χ1v) is 16.4. The highest BCUT2D eigenvalue weighted by Crippen LogP contribution is 2.36. The van der Waals surface area contributed by atoms with Crippen LogP contribution < -0.4 is 10.2 Å². The normalized spacial score (nSPS) is 23.3. The maximum absolute atomic E-state index is 14.9. The monoisotopic (exact) mass is 725 g/mol. The Morgan fingerprint density at radius 3 is 2.52 bits per heavy atom. The topological polar surface area (TPSA) is 95.1 Å². The Hall–Kier alpha value is -2.19. The van der Waals surface area contributed by atoms with Gasteiger partial charge in [-0.15, -0.1) is 0 Å². The lowest BCUT2D eigenvalue weighted by molar-refractivity contribution is -0.138. The molecule has 0 aliphatic carbocycles. The summed E-state index contributed by atoms with van der Waals surface area (Å²) in [5.74, 6) is -0.896. The molecule has 3 fully saturated rings. The summed E-state index contributed by atoms with van der Waals surface area (Å²) >= 11 is 7.77. The van der Waals surface area contributed by atoms with Gasteiger partial charge in [-0.1, -0.05) is 43.4 Å². The van der Waals surface area contributed by atoms with Crippen LogP contribution in [-0.2, 0) is 14.3 Å². The summed E-state index contributed by atoms with van der Waals surface area (Å²) in [4.78, 5) is 50.2. The molecule has 1 N–H and O–H groups in total. The molecule has 4 heterocycles. The minimum absolute atomic E-state index is 0.0344. The average molecular weight is 727 g/mol. The summed E-state index contributed by atoms with van der Waals surface area (Å²) in [6.07, 6.45) is 1.88. The molecule has 2 amide bonds. The number of anilines is 1. The second-order valence-corrected chi connectivity index (χ2v) is 15.1. The minimum atomic E-state index is -0.816. The van der Waals surface area contributed by atoms with Gasteiger partial charge in [0.25, 0.3) is 5.91 Å². The van der Waals surface area contributed by atoms with E-state index in [4.69, 9.17) is 4.74 Å². The molecule has 1 aromatic heterocycles. The molecule has 1 aromatic carbocycles. The van der Waals surface area contributed by atoms with Crippen molar-refractivity contribution in [2.45, 2.75) is 38.5 Å². The molecule has 0 unspecified atom stereocenters. The molecule has 3 saturated heterocycles. The standard InChI is InChI=1S/C29H34Br2FN5O4S/c1-16(2)12-20(28(40)37-14-19(13-22(30)31)25-24(37)21(38)15-41-25)33-27(39)18-6-4-17(5-7-18)23-26(32)42-29(34-23)36-10-8-35(3)9-11-36/h4-7,13,16,19-20,24-25H,8-12,14-15H2,1-3H3,(H,33,39)/t19-,20+,24-,25-/m1/s1. The summed E-state index contributed by atoms with van der Waals surface area (Å²) in [6.45, 7) is 7.62. The lowest BCUT2D eigenvalue weighted by Crippen LogP contribution is -2.52. The van der Waals surface area contributed by atoms with Crippen LogP contribution in [0.3, 0.4) is 0 Å². The lowest BCUT2D eigenvalue weighted by Gasteiger charge is -2.31. The number of nitrogens with one attached hydrogen (secondary N) is 1. The van der Waals surface area contributed by atoms with Crippen molar-refractivity contribution in [2.24, 2.45) is 11.8 Å². The second-order valence-electron chi connectivity index (χ2n) is 11.4. The molecule has 0 spiro atoms. The number of likely N-dealkylation sites (tertiary alicyclic amines) is 1. The number of thiazole rings is 1. The Labute approximate surface area is 265 Å². The zero-order chi connectivity index (χ0) is 30.1. The number of carbonyl (C=O) groups is 3. The van der Waals surface area contributed by atoms with Crippen molar-refractivity contribution in [3.8, 4) is 11.3 Å². The number of nitrogens with zero attached hydrogens (tertiary/aromatic N) is 4. The minimum Gasteiger partial charge on any atom is -0.367 e. The predicted octanol–water partition coefficient (Wildman–Crippen LogP) is 4.27. The number of hydrogen-bond acceptors (Lipinski definition) is 8. The summed E-state index contributed by atoms with van der Waals surface area (Å²) in [6, 6.07) is 5.09. The first kappa shape index (κ1) is 31.2. The fourth-order valence-electron chi connectivity index (χ4n) is 5.74. The fourth-order valence-corrected chi connectivity index (χ4v) is 7.29.